The van der Waals surface area contributed by atoms with E-state index < -0.39 is 0 Å². The highest BCUT2D eigenvalue weighted by Crippen LogP contribution is 2.12. The molecule has 0 spiro atoms. The monoisotopic (exact) mass is 299 g/mol. The summed E-state index contributed by atoms with van der Waals surface area (Å²) in [5, 5.41) is 5.49. The van der Waals surface area contributed by atoms with Gasteiger partial charge in [0.2, 0.25) is 0 Å². The summed E-state index contributed by atoms with van der Waals surface area (Å²) in [7, 11) is 0. The van der Waals surface area contributed by atoms with Crippen molar-refractivity contribution in [1.29, 1.82) is 0 Å². The van der Waals surface area contributed by atoms with Crippen LogP contribution in [0.3, 0.4) is 0 Å². The zero-order valence-electron chi connectivity index (χ0n) is 10.8. The Kier molecular flexibility index (Phi) is 4.78. The van der Waals surface area contributed by atoms with E-state index in [0.29, 0.717) is 23.8 Å². The number of carbonyl (C=O) groups is 1. The average molecular weight is 299 g/mol. The summed E-state index contributed by atoms with van der Waals surface area (Å²) in [6, 6.07) is 0.133. The molecule has 1 aliphatic heterocycles. The Hall–Kier alpha value is -1.12. The van der Waals surface area contributed by atoms with Crippen LogP contribution in [-0.4, -0.2) is 62.5 Å². The second-order valence-electron chi connectivity index (χ2n) is 4.44. The van der Waals surface area contributed by atoms with Gasteiger partial charge in [-0.2, -0.15) is 0 Å². The Morgan fingerprint density at radius 2 is 2.21 bits per heavy atom. The highest BCUT2D eigenvalue weighted by molar-refractivity contribution is 7.80. The van der Waals surface area contributed by atoms with Gasteiger partial charge in [-0.3, -0.25) is 9.69 Å². The Labute approximate surface area is 121 Å². The van der Waals surface area contributed by atoms with Crippen LogP contribution in [0.5, 0.6) is 0 Å². The Morgan fingerprint density at radius 3 is 2.68 bits per heavy atom. The minimum Gasteiger partial charge on any atom is -0.392 e. The van der Waals surface area contributed by atoms with Crippen LogP contribution in [0, 0.1) is 0 Å². The largest absolute Gasteiger partial charge is 0.392 e. The molecule has 1 aromatic rings. The summed E-state index contributed by atoms with van der Waals surface area (Å²) >= 11 is 6.27. The first-order valence-electron chi connectivity index (χ1n) is 6.23. The first-order valence-corrected chi connectivity index (χ1v) is 7.47. The van der Waals surface area contributed by atoms with Crippen LogP contribution in [-0.2, 0) is 0 Å². The Balaban J connectivity index is 1.92. The molecule has 8 heteroatoms. The molecular weight excluding hydrogens is 282 g/mol. The summed E-state index contributed by atoms with van der Waals surface area (Å²) in [6.45, 7) is 5.01. The van der Waals surface area contributed by atoms with Crippen LogP contribution < -0.4 is 5.73 Å². The molecular formula is C11H17N5OS2. The minimum atomic E-state index is -0.0447. The maximum atomic E-state index is 12.1. The highest BCUT2D eigenvalue weighted by atomic mass is 32.1. The molecule has 0 aliphatic carbocycles. The van der Waals surface area contributed by atoms with E-state index in [4.69, 9.17) is 18.0 Å². The number of nitrogens with two attached hydrogens (primary N) is 1. The van der Waals surface area contributed by atoms with Gasteiger partial charge in [-0.25, -0.2) is 0 Å². The van der Waals surface area contributed by atoms with Gasteiger partial charge in [-0.05, 0) is 18.0 Å². The van der Waals surface area contributed by atoms with E-state index in [2.05, 4.69) is 21.4 Å². The van der Waals surface area contributed by atoms with Gasteiger partial charge >= 0.3 is 0 Å². The molecule has 2 heterocycles. The molecule has 6 nitrogen and oxygen atoms in total. The number of thiocarbonyl (C=S) groups is 1. The molecule has 2 N–H and O–H groups in total. The summed E-state index contributed by atoms with van der Waals surface area (Å²) in [5.41, 5.74) is 6.17. The summed E-state index contributed by atoms with van der Waals surface area (Å²) < 4.78 is 3.72. The lowest BCUT2D eigenvalue weighted by Crippen LogP contribution is -2.54. The van der Waals surface area contributed by atoms with Gasteiger partial charge in [0.05, 0.1) is 11.0 Å². The molecule has 104 valence electrons. The Morgan fingerprint density at radius 1 is 1.53 bits per heavy atom. The number of amides is 1. The van der Waals surface area contributed by atoms with Crippen LogP contribution in [0.15, 0.2) is 5.38 Å². The van der Waals surface area contributed by atoms with Crippen molar-refractivity contribution >= 4 is 34.6 Å². The lowest BCUT2D eigenvalue weighted by Gasteiger charge is -2.38. The van der Waals surface area contributed by atoms with Crippen molar-refractivity contribution in [3.63, 3.8) is 0 Å². The van der Waals surface area contributed by atoms with Crippen LogP contribution in [0.2, 0.25) is 0 Å². The predicted molar refractivity (Wildman–Crippen MR) is 78.2 cm³/mol. The third-order valence-electron chi connectivity index (χ3n) is 3.34. The fraction of sp³-hybridized carbons (Fsp3) is 0.636. The number of hydrogen-bond acceptors (Lipinski definition) is 6. The van der Waals surface area contributed by atoms with Crippen LogP contribution in [0.4, 0.5) is 0 Å². The van der Waals surface area contributed by atoms with Gasteiger partial charge in [0.1, 0.15) is 0 Å². The molecule has 2 rings (SSSR count). The van der Waals surface area contributed by atoms with Crippen LogP contribution in [0.25, 0.3) is 0 Å². The van der Waals surface area contributed by atoms with Crippen LogP contribution >= 0.6 is 23.8 Å². The second kappa shape index (κ2) is 6.36. The van der Waals surface area contributed by atoms with Gasteiger partial charge in [0.25, 0.3) is 5.91 Å². The van der Waals surface area contributed by atoms with E-state index in [9.17, 15) is 4.79 Å². The van der Waals surface area contributed by atoms with E-state index >= 15 is 0 Å². The third-order valence-corrected chi connectivity index (χ3v) is 4.11. The predicted octanol–water partition coefficient (Wildman–Crippen LogP) is 0.361. The topological polar surface area (TPSA) is 75.3 Å². The van der Waals surface area contributed by atoms with Crippen molar-refractivity contribution in [2.75, 3.05) is 26.2 Å². The molecule has 1 unspecified atom stereocenters. The van der Waals surface area contributed by atoms with Crippen molar-refractivity contribution in [3.8, 4) is 0 Å². The van der Waals surface area contributed by atoms with Gasteiger partial charge in [-0.15, -0.1) is 5.10 Å². The van der Waals surface area contributed by atoms with Crippen molar-refractivity contribution in [2.24, 2.45) is 5.73 Å². The Bertz CT molecular complexity index is 442. The van der Waals surface area contributed by atoms with E-state index in [1.165, 1.54) is 11.5 Å². The first-order chi connectivity index (χ1) is 9.13. The number of piperazine rings is 1. The molecule has 1 saturated heterocycles. The number of carbonyl (C=O) groups excluding carboxylic acids is 1. The highest BCUT2D eigenvalue weighted by Gasteiger charge is 2.27. The maximum absolute atomic E-state index is 12.1. The smallest absolute Gasteiger partial charge is 0.275 e. The van der Waals surface area contributed by atoms with Crippen molar-refractivity contribution in [1.82, 2.24) is 19.4 Å². The molecule has 1 aromatic heterocycles. The van der Waals surface area contributed by atoms with Gasteiger partial charge < -0.3 is 10.6 Å². The molecule has 0 aromatic carbocycles. The second-order valence-corrected chi connectivity index (χ2v) is 5.53. The standard InChI is InChI=1S/C11H17N5OS2/c1-2-9(10(12)18)15-3-5-16(6-4-15)11(17)8-7-19-14-13-8/h7,9H,2-6H2,1H3,(H2,12,18). The summed E-state index contributed by atoms with van der Waals surface area (Å²) in [5.74, 6) is -0.0447. The van der Waals surface area contributed by atoms with Crippen molar-refractivity contribution in [2.45, 2.75) is 19.4 Å². The fourth-order valence-corrected chi connectivity index (χ4v) is 3.04. The van der Waals surface area contributed by atoms with Crippen molar-refractivity contribution in [3.05, 3.63) is 11.1 Å². The average Bonchev–Trinajstić information content (AvgIpc) is 2.93. The van der Waals surface area contributed by atoms with E-state index in [1.54, 1.807) is 10.3 Å². The molecule has 0 radical (unpaired) electrons. The lowest BCUT2D eigenvalue weighted by molar-refractivity contribution is 0.0606. The molecule has 19 heavy (non-hydrogen) atoms. The van der Waals surface area contributed by atoms with E-state index in [1.807, 2.05) is 0 Å². The lowest BCUT2D eigenvalue weighted by atomic mass is 10.1. The fourth-order valence-electron chi connectivity index (χ4n) is 2.30. The van der Waals surface area contributed by atoms with Gasteiger partial charge in [0.15, 0.2) is 5.69 Å². The first kappa shape index (κ1) is 14.3. The molecule has 1 fully saturated rings. The number of hydrogen-bond donors (Lipinski definition) is 1. The van der Waals surface area contributed by atoms with E-state index in [0.717, 1.165) is 19.5 Å². The zero-order chi connectivity index (χ0) is 13.8. The zero-order valence-corrected chi connectivity index (χ0v) is 12.4. The molecule has 0 saturated carbocycles. The molecule has 1 amide bonds. The SMILES string of the molecule is CCC(C(N)=S)N1CCN(C(=O)c2csnn2)CC1. The molecule has 1 aliphatic rings. The minimum absolute atomic E-state index is 0.0447. The van der Waals surface area contributed by atoms with E-state index in [-0.39, 0.29) is 11.9 Å². The normalized spacial score (nSPS) is 18.3. The van der Waals surface area contributed by atoms with Gasteiger partial charge in [-0.1, -0.05) is 23.6 Å². The number of rotatable bonds is 4. The van der Waals surface area contributed by atoms with Crippen LogP contribution in [0.1, 0.15) is 23.8 Å². The quantitative estimate of drug-likeness (QED) is 0.809. The van der Waals surface area contributed by atoms with Crippen molar-refractivity contribution < 1.29 is 4.79 Å². The number of aromatic nitrogens is 2. The summed E-state index contributed by atoms with van der Waals surface area (Å²) in [6.07, 6.45) is 0.902. The molecule has 0 bridgehead atoms. The molecule has 1 atom stereocenters. The summed E-state index contributed by atoms with van der Waals surface area (Å²) in [4.78, 5) is 16.7. The van der Waals surface area contributed by atoms with Gasteiger partial charge in [0, 0.05) is 31.6 Å². The third kappa shape index (κ3) is 3.26. The number of nitrogens with zero attached hydrogens (tertiary/aromatic N) is 4. The maximum Gasteiger partial charge on any atom is 0.275 e.